The number of nitrogens with zero attached hydrogens (tertiary/aromatic N) is 3. The molecule has 0 bridgehead atoms. The van der Waals surface area contributed by atoms with Gasteiger partial charge >= 0.3 is 5.97 Å². The van der Waals surface area contributed by atoms with Gasteiger partial charge in [-0.05, 0) is 26.0 Å². The maximum absolute atomic E-state index is 11.7. The summed E-state index contributed by atoms with van der Waals surface area (Å²) in [4.78, 5) is 11.7. The molecule has 0 aliphatic rings. The van der Waals surface area contributed by atoms with E-state index in [0.717, 1.165) is 11.5 Å². The van der Waals surface area contributed by atoms with E-state index < -0.39 is 5.97 Å². The highest BCUT2D eigenvalue weighted by Gasteiger charge is 2.20. The van der Waals surface area contributed by atoms with Crippen LogP contribution in [0.3, 0.4) is 0 Å². The molecule has 19 heavy (non-hydrogen) atoms. The van der Waals surface area contributed by atoms with Crippen molar-refractivity contribution in [3.8, 4) is 0 Å². The summed E-state index contributed by atoms with van der Waals surface area (Å²) in [5.74, 6) is 1.03. The molecule has 0 saturated carbocycles. The molecule has 0 aliphatic heterocycles. The largest absolute Gasteiger partial charge is 0.464 e. The van der Waals surface area contributed by atoms with Gasteiger partial charge in [0.15, 0.2) is 5.69 Å². The Bertz CT molecular complexity index is 573. The molecule has 0 aromatic carbocycles. The lowest BCUT2D eigenvalue weighted by molar-refractivity contribution is 0.0518. The first-order valence-corrected chi connectivity index (χ1v) is 6.00. The summed E-state index contributed by atoms with van der Waals surface area (Å²) in [7, 11) is 0. The SMILES string of the molecule is CCOC(=O)c1nnn(Cc2ccc(C)o2)c1CN. The summed E-state index contributed by atoms with van der Waals surface area (Å²) in [6, 6.07) is 3.71. The smallest absolute Gasteiger partial charge is 0.360 e. The number of hydrogen-bond acceptors (Lipinski definition) is 6. The van der Waals surface area contributed by atoms with E-state index in [1.165, 1.54) is 0 Å². The molecule has 2 heterocycles. The van der Waals surface area contributed by atoms with Gasteiger partial charge in [-0.2, -0.15) is 0 Å². The Labute approximate surface area is 110 Å². The maximum atomic E-state index is 11.7. The van der Waals surface area contributed by atoms with Crippen molar-refractivity contribution in [1.29, 1.82) is 0 Å². The van der Waals surface area contributed by atoms with Crippen molar-refractivity contribution in [2.75, 3.05) is 6.61 Å². The van der Waals surface area contributed by atoms with E-state index in [1.807, 2.05) is 19.1 Å². The second kappa shape index (κ2) is 5.66. The minimum absolute atomic E-state index is 0.154. The molecule has 7 nitrogen and oxygen atoms in total. The van der Waals surface area contributed by atoms with Crippen LogP contribution in [-0.2, 0) is 17.8 Å². The number of ether oxygens (including phenoxy) is 1. The molecule has 0 atom stereocenters. The number of carbonyl (C=O) groups excluding carboxylic acids is 1. The Balaban J connectivity index is 2.24. The highest BCUT2D eigenvalue weighted by Crippen LogP contribution is 2.12. The summed E-state index contributed by atoms with van der Waals surface area (Å²) in [6.07, 6.45) is 0. The number of esters is 1. The minimum atomic E-state index is -0.509. The van der Waals surface area contributed by atoms with Gasteiger partial charge in [0.25, 0.3) is 0 Å². The highest BCUT2D eigenvalue weighted by molar-refractivity contribution is 5.88. The molecule has 0 spiro atoms. The van der Waals surface area contributed by atoms with Crippen LogP contribution in [-0.4, -0.2) is 27.6 Å². The molecule has 2 rings (SSSR count). The summed E-state index contributed by atoms with van der Waals surface area (Å²) in [5, 5.41) is 7.75. The normalized spacial score (nSPS) is 10.7. The molecule has 0 radical (unpaired) electrons. The van der Waals surface area contributed by atoms with Crippen molar-refractivity contribution in [2.45, 2.75) is 26.9 Å². The van der Waals surface area contributed by atoms with Crippen molar-refractivity contribution in [1.82, 2.24) is 15.0 Å². The van der Waals surface area contributed by atoms with Crippen molar-refractivity contribution in [3.63, 3.8) is 0 Å². The molecule has 102 valence electrons. The van der Waals surface area contributed by atoms with E-state index in [1.54, 1.807) is 11.6 Å². The molecule has 0 amide bonds. The van der Waals surface area contributed by atoms with Crippen LogP contribution in [0.1, 0.15) is 34.6 Å². The van der Waals surface area contributed by atoms with Crippen molar-refractivity contribution in [3.05, 3.63) is 35.0 Å². The Morgan fingerprint density at radius 2 is 2.32 bits per heavy atom. The third-order valence-corrected chi connectivity index (χ3v) is 2.60. The first kappa shape index (κ1) is 13.3. The van der Waals surface area contributed by atoms with Gasteiger partial charge in [0.05, 0.1) is 12.3 Å². The molecular formula is C12H16N4O3. The molecule has 0 saturated heterocycles. The molecular weight excluding hydrogens is 248 g/mol. The summed E-state index contributed by atoms with van der Waals surface area (Å²) in [6.45, 7) is 4.41. The zero-order valence-corrected chi connectivity index (χ0v) is 10.9. The number of furan rings is 1. The Morgan fingerprint density at radius 3 is 2.89 bits per heavy atom. The standard InChI is InChI=1S/C12H16N4O3/c1-3-18-12(17)11-10(6-13)16(15-14-11)7-9-5-4-8(2)19-9/h4-5H,3,6-7,13H2,1-2H3. The van der Waals surface area contributed by atoms with Crippen LogP contribution in [0.2, 0.25) is 0 Å². The number of rotatable bonds is 5. The fraction of sp³-hybridized carbons (Fsp3) is 0.417. The van der Waals surface area contributed by atoms with Crippen molar-refractivity contribution in [2.24, 2.45) is 5.73 Å². The summed E-state index contributed by atoms with van der Waals surface area (Å²) >= 11 is 0. The second-order valence-corrected chi connectivity index (χ2v) is 3.98. The van der Waals surface area contributed by atoms with Crippen LogP contribution >= 0.6 is 0 Å². The molecule has 0 unspecified atom stereocenters. The third-order valence-electron chi connectivity index (χ3n) is 2.60. The fourth-order valence-electron chi connectivity index (χ4n) is 1.74. The van der Waals surface area contributed by atoms with Gasteiger partial charge in [0.2, 0.25) is 0 Å². The van der Waals surface area contributed by atoms with Crippen molar-refractivity contribution >= 4 is 5.97 Å². The first-order valence-electron chi connectivity index (χ1n) is 6.00. The van der Waals surface area contributed by atoms with Gasteiger partial charge in [-0.1, -0.05) is 5.21 Å². The molecule has 2 aromatic heterocycles. The lowest BCUT2D eigenvalue weighted by Crippen LogP contribution is -2.14. The number of aromatic nitrogens is 3. The van der Waals surface area contributed by atoms with Gasteiger partial charge < -0.3 is 14.9 Å². The molecule has 2 N–H and O–H groups in total. The van der Waals surface area contributed by atoms with Crippen LogP contribution in [0, 0.1) is 6.92 Å². The number of nitrogens with two attached hydrogens (primary N) is 1. The van der Waals surface area contributed by atoms with Crippen molar-refractivity contribution < 1.29 is 13.9 Å². The van der Waals surface area contributed by atoms with Gasteiger partial charge in [-0.25, -0.2) is 9.48 Å². The van der Waals surface area contributed by atoms with Crippen LogP contribution in [0.25, 0.3) is 0 Å². The van der Waals surface area contributed by atoms with E-state index in [0.29, 0.717) is 12.2 Å². The average Bonchev–Trinajstić information content (AvgIpc) is 2.96. The molecule has 2 aromatic rings. The molecule has 0 fully saturated rings. The first-order chi connectivity index (χ1) is 9.15. The third kappa shape index (κ3) is 2.82. The predicted molar refractivity (Wildman–Crippen MR) is 66.4 cm³/mol. The zero-order valence-electron chi connectivity index (χ0n) is 10.9. The van der Waals surface area contributed by atoms with E-state index in [-0.39, 0.29) is 18.8 Å². The number of carbonyl (C=O) groups is 1. The monoisotopic (exact) mass is 264 g/mol. The Hall–Kier alpha value is -2.15. The van der Waals surface area contributed by atoms with Gasteiger partial charge in [-0.3, -0.25) is 0 Å². The van der Waals surface area contributed by atoms with Gasteiger partial charge in [0.1, 0.15) is 18.1 Å². The maximum Gasteiger partial charge on any atom is 0.360 e. The number of aryl methyl sites for hydroxylation is 1. The Morgan fingerprint density at radius 1 is 1.53 bits per heavy atom. The summed E-state index contributed by atoms with van der Waals surface area (Å²) < 4.78 is 11.9. The zero-order chi connectivity index (χ0) is 13.8. The number of hydrogen-bond donors (Lipinski definition) is 1. The van der Waals surface area contributed by atoms with Crippen LogP contribution in [0.4, 0.5) is 0 Å². The van der Waals surface area contributed by atoms with Crippen LogP contribution in [0.5, 0.6) is 0 Å². The van der Waals surface area contributed by atoms with Gasteiger partial charge in [-0.15, -0.1) is 5.10 Å². The van der Waals surface area contributed by atoms with E-state index in [2.05, 4.69) is 10.3 Å². The van der Waals surface area contributed by atoms with Crippen LogP contribution < -0.4 is 5.73 Å². The topological polar surface area (TPSA) is 96.2 Å². The van der Waals surface area contributed by atoms with Gasteiger partial charge in [0, 0.05) is 6.54 Å². The predicted octanol–water partition coefficient (Wildman–Crippen LogP) is 0.863. The minimum Gasteiger partial charge on any atom is -0.464 e. The quantitative estimate of drug-likeness (QED) is 0.805. The average molecular weight is 264 g/mol. The van der Waals surface area contributed by atoms with E-state index >= 15 is 0 Å². The Kier molecular flexibility index (Phi) is 3.96. The lowest BCUT2D eigenvalue weighted by Gasteiger charge is -2.04. The van der Waals surface area contributed by atoms with Crippen LogP contribution in [0.15, 0.2) is 16.5 Å². The second-order valence-electron chi connectivity index (χ2n) is 3.98. The van der Waals surface area contributed by atoms with E-state index in [4.69, 9.17) is 14.9 Å². The molecule has 7 heteroatoms. The molecule has 0 aliphatic carbocycles. The fourth-order valence-corrected chi connectivity index (χ4v) is 1.74. The van der Waals surface area contributed by atoms with E-state index in [9.17, 15) is 4.79 Å². The highest BCUT2D eigenvalue weighted by atomic mass is 16.5. The summed E-state index contributed by atoms with van der Waals surface area (Å²) in [5.41, 5.74) is 6.34. The lowest BCUT2D eigenvalue weighted by atomic mass is 10.3.